The Hall–Kier alpha value is -1.52. The van der Waals surface area contributed by atoms with E-state index in [1.54, 1.807) is 0 Å². The van der Waals surface area contributed by atoms with Crippen LogP contribution in [-0.4, -0.2) is 33.3 Å². The molecule has 1 aromatic heterocycles. The van der Waals surface area contributed by atoms with Crippen molar-refractivity contribution in [2.75, 3.05) is 11.4 Å². The third-order valence-electron chi connectivity index (χ3n) is 3.08. The molecule has 0 aromatic carbocycles. The summed E-state index contributed by atoms with van der Waals surface area (Å²) in [4.78, 5) is 26.7. The molecular formula is C12H18N4O. The normalized spacial score (nSPS) is 19.7. The van der Waals surface area contributed by atoms with E-state index in [1.807, 2.05) is 25.7 Å². The van der Waals surface area contributed by atoms with Crippen molar-refractivity contribution in [3.63, 3.8) is 0 Å². The zero-order valence-electron chi connectivity index (χ0n) is 10.6. The molecule has 1 fully saturated rings. The fraction of sp³-hybridized carbons (Fsp3) is 0.667. The van der Waals surface area contributed by atoms with Gasteiger partial charge in [-0.15, -0.1) is 0 Å². The Balaban J connectivity index is 2.28. The van der Waals surface area contributed by atoms with Gasteiger partial charge in [0, 0.05) is 13.0 Å². The van der Waals surface area contributed by atoms with Gasteiger partial charge in [-0.3, -0.25) is 4.79 Å². The van der Waals surface area contributed by atoms with E-state index < -0.39 is 0 Å². The standard InChI is InChI=1S/C12H18N4O/c1-4-11(17)10-6-5-7-16(10)12-14-8(2)13-9(3)15-12/h10H,4-7H2,1-3H3/t10-/m0/s1. The van der Waals surface area contributed by atoms with Gasteiger partial charge in [0.25, 0.3) is 0 Å². The Morgan fingerprint density at radius 1 is 1.29 bits per heavy atom. The summed E-state index contributed by atoms with van der Waals surface area (Å²) >= 11 is 0. The van der Waals surface area contributed by atoms with Crippen molar-refractivity contribution in [2.24, 2.45) is 0 Å². The maximum absolute atomic E-state index is 11.9. The molecule has 0 saturated carbocycles. The lowest BCUT2D eigenvalue weighted by atomic mass is 10.1. The summed E-state index contributed by atoms with van der Waals surface area (Å²) in [5.41, 5.74) is 0. The number of Topliss-reactive ketones (excluding diaryl/α,β-unsaturated/α-hetero) is 1. The van der Waals surface area contributed by atoms with Gasteiger partial charge in [0.05, 0.1) is 6.04 Å². The first kappa shape index (κ1) is 12.0. The van der Waals surface area contributed by atoms with E-state index in [1.165, 1.54) is 0 Å². The van der Waals surface area contributed by atoms with E-state index >= 15 is 0 Å². The first-order valence-electron chi connectivity index (χ1n) is 6.10. The van der Waals surface area contributed by atoms with E-state index in [-0.39, 0.29) is 11.8 Å². The van der Waals surface area contributed by atoms with Gasteiger partial charge in [-0.25, -0.2) is 4.98 Å². The molecule has 2 rings (SSSR count). The molecule has 92 valence electrons. The quantitative estimate of drug-likeness (QED) is 0.792. The fourth-order valence-electron chi connectivity index (χ4n) is 2.30. The molecule has 1 aromatic rings. The van der Waals surface area contributed by atoms with Gasteiger partial charge >= 0.3 is 0 Å². The van der Waals surface area contributed by atoms with Crippen LogP contribution in [0.4, 0.5) is 5.95 Å². The highest BCUT2D eigenvalue weighted by Gasteiger charge is 2.31. The van der Waals surface area contributed by atoms with Crippen LogP contribution in [-0.2, 0) is 4.79 Å². The lowest BCUT2D eigenvalue weighted by molar-refractivity contribution is -0.119. The Morgan fingerprint density at radius 3 is 2.53 bits per heavy atom. The second kappa shape index (κ2) is 4.77. The van der Waals surface area contributed by atoms with Crippen LogP contribution in [0.5, 0.6) is 0 Å². The second-order valence-corrected chi connectivity index (χ2v) is 4.40. The van der Waals surface area contributed by atoms with Crippen molar-refractivity contribution in [1.82, 2.24) is 15.0 Å². The molecule has 1 saturated heterocycles. The molecular weight excluding hydrogens is 216 g/mol. The number of nitrogens with zero attached hydrogens (tertiary/aromatic N) is 4. The number of anilines is 1. The average molecular weight is 234 g/mol. The summed E-state index contributed by atoms with van der Waals surface area (Å²) in [7, 11) is 0. The van der Waals surface area contributed by atoms with Crippen molar-refractivity contribution in [2.45, 2.75) is 46.1 Å². The smallest absolute Gasteiger partial charge is 0.229 e. The topological polar surface area (TPSA) is 59.0 Å². The largest absolute Gasteiger partial charge is 0.331 e. The summed E-state index contributed by atoms with van der Waals surface area (Å²) in [6, 6.07) is -0.0406. The van der Waals surface area contributed by atoms with Crippen LogP contribution in [0.15, 0.2) is 0 Å². The van der Waals surface area contributed by atoms with Crippen molar-refractivity contribution in [3.8, 4) is 0 Å². The van der Waals surface area contributed by atoms with Gasteiger partial charge in [-0.1, -0.05) is 6.92 Å². The SMILES string of the molecule is CCC(=O)[C@@H]1CCCN1c1nc(C)nc(C)n1. The molecule has 5 nitrogen and oxygen atoms in total. The molecule has 0 N–H and O–H groups in total. The van der Waals surface area contributed by atoms with Gasteiger partial charge in [0.1, 0.15) is 11.6 Å². The van der Waals surface area contributed by atoms with E-state index in [0.29, 0.717) is 24.0 Å². The van der Waals surface area contributed by atoms with Crippen molar-refractivity contribution < 1.29 is 4.79 Å². The van der Waals surface area contributed by atoms with Crippen LogP contribution in [0.2, 0.25) is 0 Å². The predicted molar refractivity (Wildman–Crippen MR) is 65.0 cm³/mol. The lowest BCUT2D eigenvalue weighted by Crippen LogP contribution is -2.37. The number of carbonyl (C=O) groups is 1. The van der Waals surface area contributed by atoms with Gasteiger partial charge in [-0.2, -0.15) is 9.97 Å². The maximum Gasteiger partial charge on any atom is 0.229 e. The van der Waals surface area contributed by atoms with Crippen molar-refractivity contribution >= 4 is 11.7 Å². The molecule has 1 atom stereocenters. The summed E-state index contributed by atoms with van der Waals surface area (Å²) in [6.07, 6.45) is 2.51. The molecule has 0 amide bonds. The zero-order valence-corrected chi connectivity index (χ0v) is 10.6. The van der Waals surface area contributed by atoms with Crippen LogP contribution in [0, 0.1) is 13.8 Å². The van der Waals surface area contributed by atoms with Crippen LogP contribution in [0.25, 0.3) is 0 Å². The number of aromatic nitrogens is 3. The van der Waals surface area contributed by atoms with Crippen LogP contribution in [0.3, 0.4) is 0 Å². The van der Waals surface area contributed by atoms with Gasteiger partial charge in [0.2, 0.25) is 5.95 Å². The Labute approximate surface area is 101 Å². The lowest BCUT2D eigenvalue weighted by Gasteiger charge is -2.23. The third-order valence-corrected chi connectivity index (χ3v) is 3.08. The zero-order chi connectivity index (χ0) is 12.4. The minimum Gasteiger partial charge on any atom is -0.331 e. The highest BCUT2D eigenvalue weighted by molar-refractivity contribution is 5.87. The number of rotatable bonds is 3. The molecule has 0 aliphatic carbocycles. The Morgan fingerprint density at radius 2 is 1.94 bits per heavy atom. The van der Waals surface area contributed by atoms with E-state index in [0.717, 1.165) is 19.4 Å². The summed E-state index contributed by atoms with van der Waals surface area (Å²) < 4.78 is 0. The number of carbonyl (C=O) groups excluding carboxylic acids is 1. The molecule has 0 spiro atoms. The van der Waals surface area contributed by atoms with Gasteiger partial charge < -0.3 is 4.90 Å². The minimum absolute atomic E-state index is 0.0406. The van der Waals surface area contributed by atoms with Gasteiger partial charge in [-0.05, 0) is 26.7 Å². The molecule has 1 aliphatic rings. The third kappa shape index (κ3) is 2.43. The van der Waals surface area contributed by atoms with E-state index in [9.17, 15) is 4.79 Å². The van der Waals surface area contributed by atoms with E-state index in [4.69, 9.17) is 0 Å². The van der Waals surface area contributed by atoms with Crippen LogP contribution >= 0.6 is 0 Å². The first-order chi connectivity index (χ1) is 8.11. The van der Waals surface area contributed by atoms with E-state index in [2.05, 4.69) is 15.0 Å². The molecule has 0 unspecified atom stereocenters. The highest BCUT2D eigenvalue weighted by atomic mass is 16.1. The highest BCUT2D eigenvalue weighted by Crippen LogP contribution is 2.23. The summed E-state index contributed by atoms with van der Waals surface area (Å²) in [6.45, 7) is 6.47. The Kier molecular flexibility index (Phi) is 3.36. The minimum atomic E-state index is -0.0406. The fourth-order valence-corrected chi connectivity index (χ4v) is 2.30. The number of hydrogen-bond donors (Lipinski definition) is 0. The molecule has 1 aliphatic heterocycles. The predicted octanol–water partition coefficient (Wildman–Crippen LogP) is 1.44. The average Bonchev–Trinajstić information content (AvgIpc) is 2.75. The van der Waals surface area contributed by atoms with Gasteiger partial charge in [0.15, 0.2) is 5.78 Å². The number of aryl methyl sites for hydroxylation is 2. The van der Waals surface area contributed by atoms with Crippen molar-refractivity contribution in [1.29, 1.82) is 0 Å². The molecule has 2 heterocycles. The number of hydrogen-bond acceptors (Lipinski definition) is 5. The van der Waals surface area contributed by atoms with Crippen LogP contribution in [0.1, 0.15) is 37.8 Å². The monoisotopic (exact) mass is 234 g/mol. The second-order valence-electron chi connectivity index (χ2n) is 4.40. The molecule has 0 bridgehead atoms. The summed E-state index contributed by atoms with van der Waals surface area (Å²) in [5, 5.41) is 0. The van der Waals surface area contributed by atoms with Crippen LogP contribution < -0.4 is 4.90 Å². The number of ketones is 1. The molecule has 0 radical (unpaired) electrons. The Bertz CT molecular complexity index is 412. The molecule has 5 heteroatoms. The maximum atomic E-state index is 11.9. The van der Waals surface area contributed by atoms with Crippen molar-refractivity contribution in [3.05, 3.63) is 11.6 Å². The molecule has 17 heavy (non-hydrogen) atoms. The summed E-state index contributed by atoms with van der Waals surface area (Å²) in [5.74, 6) is 2.35. The first-order valence-corrected chi connectivity index (χ1v) is 6.10.